The number of hydrogen-bond donors (Lipinski definition) is 1. The average Bonchev–Trinajstić information content (AvgIpc) is 3.34. The molecule has 4 aromatic rings. The summed E-state index contributed by atoms with van der Waals surface area (Å²) in [7, 11) is 1.55. The van der Waals surface area contributed by atoms with Gasteiger partial charge in [0.25, 0.3) is 0 Å². The number of rotatable bonds is 5. The largest absolute Gasteiger partial charge is 0.496 e. The molecule has 0 aliphatic heterocycles. The fourth-order valence-electron chi connectivity index (χ4n) is 2.75. The van der Waals surface area contributed by atoms with Gasteiger partial charge in [-0.05, 0) is 40.3 Å². The Morgan fingerprint density at radius 3 is 2.67 bits per heavy atom. The highest BCUT2D eigenvalue weighted by molar-refractivity contribution is 5.70. The maximum atomic E-state index is 13.0. The van der Waals surface area contributed by atoms with E-state index in [4.69, 9.17) is 4.74 Å². The summed E-state index contributed by atoms with van der Waals surface area (Å²) in [5, 5.41) is 14.5. The number of tetrazole rings is 1. The SMILES string of the molecule is COc1cc(-n2nnn(Cc3ccc(F)cc3)c2=O)ccc1-c1cn[nH]c1. The van der Waals surface area contributed by atoms with E-state index in [0.29, 0.717) is 11.4 Å². The highest BCUT2D eigenvalue weighted by Gasteiger charge is 2.13. The van der Waals surface area contributed by atoms with Crippen LogP contribution >= 0.6 is 0 Å². The molecule has 8 nitrogen and oxygen atoms in total. The standard InChI is InChI=1S/C18H15FN6O2/c1-27-17-8-15(6-7-16(17)13-9-20-21-10-13)25-18(26)24(22-23-25)11-12-2-4-14(19)5-3-12/h2-10H,11H2,1H3,(H,20,21). The molecule has 0 unspecified atom stereocenters. The molecule has 2 aromatic heterocycles. The van der Waals surface area contributed by atoms with E-state index in [0.717, 1.165) is 16.7 Å². The number of aromatic nitrogens is 6. The minimum Gasteiger partial charge on any atom is -0.496 e. The van der Waals surface area contributed by atoms with Crippen LogP contribution in [-0.4, -0.2) is 37.1 Å². The molecule has 9 heteroatoms. The van der Waals surface area contributed by atoms with Crippen molar-refractivity contribution in [1.29, 1.82) is 0 Å². The van der Waals surface area contributed by atoms with Gasteiger partial charge >= 0.3 is 5.69 Å². The first kappa shape index (κ1) is 16.7. The molecule has 136 valence electrons. The highest BCUT2D eigenvalue weighted by atomic mass is 19.1. The van der Waals surface area contributed by atoms with E-state index < -0.39 is 5.69 Å². The number of halogens is 1. The molecule has 0 spiro atoms. The van der Waals surface area contributed by atoms with Crippen molar-refractivity contribution in [2.24, 2.45) is 0 Å². The third kappa shape index (κ3) is 3.22. The van der Waals surface area contributed by atoms with Gasteiger partial charge in [0.15, 0.2) is 0 Å². The maximum absolute atomic E-state index is 13.0. The lowest BCUT2D eigenvalue weighted by Gasteiger charge is -2.08. The Labute approximate surface area is 152 Å². The number of methoxy groups -OCH3 is 1. The predicted molar refractivity (Wildman–Crippen MR) is 95.3 cm³/mol. The second-order valence-electron chi connectivity index (χ2n) is 5.83. The van der Waals surface area contributed by atoms with Gasteiger partial charge in [-0.2, -0.15) is 14.5 Å². The number of ether oxygens (including phenoxy) is 1. The Morgan fingerprint density at radius 1 is 1.15 bits per heavy atom. The van der Waals surface area contributed by atoms with Crippen LogP contribution < -0.4 is 10.4 Å². The lowest BCUT2D eigenvalue weighted by Crippen LogP contribution is -2.24. The van der Waals surface area contributed by atoms with E-state index in [1.807, 2.05) is 6.07 Å². The molecule has 0 aliphatic rings. The monoisotopic (exact) mass is 366 g/mol. The molecule has 0 atom stereocenters. The molecule has 0 fully saturated rings. The van der Waals surface area contributed by atoms with Crippen molar-refractivity contribution in [1.82, 2.24) is 30.0 Å². The van der Waals surface area contributed by atoms with Crippen molar-refractivity contribution in [2.45, 2.75) is 6.54 Å². The summed E-state index contributed by atoms with van der Waals surface area (Å²) in [5.74, 6) is 0.244. The van der Waals surface area contributed by atoms with Crippen LogP contribution in [0.5, 0.6) is 5.75 Å². The zero-order valence-corrected chi connectivity index (χ0v) is 14.3. The number of benzene rings is 2. The summed E-state index contributed by atoms with van der Waals surface area (Å²) in [4.78, 5) is 12.6. The average molecular weight is 366 g/mol. The molecule has 0 saturated carbocycles. The maximum Gasteiger partial charge on any atom is 0.368 e. The highest BCUT2D eigenvalue weighted by Crippen LogP contribution is 2.30. The van der Waals surface area contributed by atoms with Gasteiger partial charge in [-0.15, -0.1) is 0 Å². The van der Waals surface area contributed by atoms with E-state index >= 15 is 0 Å². The summed E-state index contributed by atoms with van der Waals surface area (Å²) in [6.07, 6.45) is 3.44. The van der Waals surface area contributed by atoms with Crippen molar-refractivity contribution >= 4 is 0 Å². The van der Waals surface area contributed by atoms with Gasteiger partial charge in [-0.25, -0.2) is 9.18 Å². The van der Waals surface area contributed by atoms with Gasteiger partial charge < -0.3 is 4.74 Å². The van der Waals surface area contributed by atoms with E-state index in [-0.39, 0.29) is 12.4 Å². The Hall–Kier alpha value is -3.75. The minimum atomic E-state index is -0.405. The van der Waals surface area contributed by atoms with Crippen LogP contribution in [0.25, 0.3) is 16.8 Å². The molecule has 0 radical (unpaired) electrons. The van der Waals surface area contributed by atoms with Crippen LogP contribution in [-0.2, 0) is 6.54 Å². The van der Waals surface area contributed by atoms with Crippen molar-refractivity contribution in [2.75, 3.05) is 7.11 Å². The molecule has 0 bridgehead atoms. The first-order valence-electron chi connectivity index (χ1n) is 8.10. The smallest absolute Gasteiger partial charge is 0.368 e. The summed E-state index contributed by atoms with van der Waals surface area (Å²) >= 11 is 0. The van der Waals surface area contributed by atoms with Gasteiger partial charge in [0.05, 0.1) is 25.5 Å². The second-order valence-corrected chi connectivity index (χ2v) is 5.83. The van der Waals surface area contributed by atoms with Gasteiger partial charge in [0.2, 0.25) is 0 Å². The number of H-pyrrole nitrogens is 1. The van der Waals surface area contributed by atoms with Crippen LogP contribution in [0.1, 0.15) is 5.56 Å². The Balaban J connectivity index is 1.67. The first-order chi connectivity index (χ1) is 13.2. The van der Waals surface area contributed by atoms with Crippen LogP contribution in [0.2, 0.25) is 0 Å². The summed E-state index contributed by atoms with van der Waals surface area (Å²) in [6.45, 7) is 0.198. The first-order valence-corrected chi connectivity index (χ1v) is 8.10. The fourth-order valence-corrected chi connectivity index (χ4v) is 2.75. The van der Waals surface area contributed by atoms with Crippen LogP contribution in [0.15, 0.2) is 59.7 Å². The number of aromatic amines is 1. The zero-order valence-electron chi connectivity index (χ0n) is 14.3. The van der Waals surface area contributed by atoms with Gasteiger partial charge in [0, 0.05) is 23.4 Å². The predicted octanol–water partition coefficient (Wildman–Crippen LogP) is 2.02. The lowest BCUT2D eigenvalue weighted by atomic mass is 10.1. The minimum absolute atomic E-state index is 0.198. The third-order valence-corrected chi connectivity index (χ3v) is 4.12. The topological polar surface area (TPSA) is 90.6 Å². The van der Waals surface area contributed by atoms with Gasteiger partial charge in [-0.1, -0.05) is 12.1 Å². The number of nitrogens with zero attached hydrogens (tertiary/aromatic N) is 5. The number of hydrogen-bond acceptors (Lipinski definition) is 5. The lowest BCUT2D eigenvalue weighted by molar-refractivity contribution is 0.416. The molecule has 0 amide bonds. The summed E-state index contributed by atoms with van der Waals surface area (Å²) in [6, 6.07) is 11.2. The van der Waals surface area contributed by atoms with Crippen molar-refractivity contribution in [3.05, 3.63) is 76.7 Å². The molecule has 0 saturated heterocycles. The molecular weight excluding hydrogens is 351 g/mol. The van der Waals surface area contributed by atoms with Crippen molar-refractivity contribution in [3.63, 3.8) is 0 Å². The summed E-state index contributed by atoms with van der Waals surface area (Å²) < 4.78 is 20.9. The zero-order chi connectivity index (χ0) is 18.8. The van der Waals surface area contributed by atoms with E-state index in [9.17, 15) is 9.18 Å². The molecular formula is C18H15FN6O2. The molecule has 0 aliphatic carbocycles. The molecule has 4 rings (SSSR count). The Kier molecular flexibility index (Phi) is 4.25. The number of nitrogens with one attached hydrogen (secondary N) is 1. The van der Waals surface area contributed by atoms with Crippen LogP contribution in [0.4, 0.5) is 4.39 Å². The molecule has 27 heavy (non-hydrogen) atoms. The molecule has 2 aromatic carbocycles. The second kappa shape index (κ2) is 6.87. The van der Waals surface area contributed by atoms with Crippen LogP contribution in [0.3, 0.4) is 0 Å². The van der Waals surface area contributed by atoms with E-state index in [2.05, 4.69) is 20.6 Å². The molecule has 2 heterocycles. The van der Waals surface area contributed by atoms with E-state index in [1.54, 1.807) is 43.8 Å². The van der Waals surface area contributed by atoms with Crippen molar-refractivity contribution in [3.8, 4) is 22.6 Å². The Bertz CT molecular complexity index is 1120. The molecule has 1 N–H and O–H groups in total. The normalized spacial score (nSPS) is 10.9. The Morgan fingerprint density at radius 2 is 1.96 bits per heavy atom. The van der Waals surface area contributed by atoms with Crippen molar-refractivity contribution < 1.29 is 9.13 Å². The van der Waals surface area contributed by atoms with Crippen LogP contribution in [0, 0.1) is 5.82 Å². The van der Waals surface area contributed by atoms with E-state index in [1.165, 1.54) is 21.5 Å². The fraction of sp³-hybridized carbons (Fsp3) is 0.111. The summed E-state index contributed by atoms with van der Waals surface area (Å²) in [5.41, 5.74) is 2.57. The van der Waals surface area contributed by atoms with Gasteiger partial charge in [0.1, 0.15) is 11.6 Å². The quantitative estimate of drug-likeness (QED) is 0.584. The van der Waals surface area contributed by atoms with Gasteiger partial charge in [-0.3, -0.25) is 5.10 Å². The third-order valence-electron chi connectivity index (χ3n) is 4.12.